The molecule has 10 rings (SSSR count). The van der Waals surface area contributed by atoms with Gasteiger partial charge in [-0.2, -0.15) is 0 Å². The van der Waals surface area contributed by atoms with E-state index in [-0.39, 0.29) is 63.1 Å². The van der Waals surface area contributed by atoms with Crippen molar-refractivity contribution in [3.8, 4) is 56.6 Å². The van der Waals surface area contributed by atoms with Crippen molar-refractivity contribution in [1.82, 2.24) is 9.13 Å². The lowest BCUT2D eigenvalue weighted by Crippen LogP contribution is -2.34. The van der Waals surface area contributed by atoms with Gasteiger partial charge >= 0.3 is 0 Å². The highest BCUT2D eigenvalue weighted by Gasteiger charge is 2.40. The molecule has 0 amide bonds. The fraction of sp³-hybridized carbons (Fsp3) is 0.448. The maximum atomic E-state index is 15.7. The second kappa shape index (κ2) is 24.2. The number of ether oxygens (including phenoxy) is 2. The summed E-state index contributed by atoms with van der Waals surface area (Å²) in [6, 6.07) is 43.9. The third-order valence-electron chi connectivity index (χ3n) is 19.7. The second-order valence-electron chi connectivity index (χ2n) is 36.5. The summed E-state index contributed by atoms with van der Waals surface area (Å²) in [7, 11) is 0. The maximum absolute atomic E-state index is 15.7. The fourth-order valence-corrected chi connectivity index (χ4v) is 14.9. The number of phenolic OH excluding ortho intramolecular Hbond substituents is 2. The summed E-state index contributed by atoms with van der Waals surface area (Å²) in [5, 5.41) is 31.4. The van der Waals surface area contributed by atoms with E-state index in [9.17, 15) is 10.2 Å². The van der Waals surface area contributed by atoms with Crippen LogP contribution in [0.15, 0.2) is 133 Å². The molecule has 2 aromatic heterocycles. The zero-order valence-corrected chi connectivity index (χ0v) is 62.0. The Labute approximate surface area is 567 Å². The lowest BCUT2D eigenvalue weighted by Gasteiger charge is -2.37. The molecule has 0 unspecified atom stereocenters. The van der Waals surface area contributed by atoms with Crippen molar-refractivity contribution in [2.45, 2.75) is 218 Å². The largest absolute Gasteiger partial charge is 0.505 e. The van der Waals surface area contributed by atoms with Crippen LogP contribution in [-0.2, 0) is 32.5 Å². The first kappa shape index (κ1) is 70.2. The predicted octanol–water partition coefficient (Wildman–Crippen LogP) is 24.6. The molecule has 0 bridgehead atoms. The zero-order chi connectivity index (χ0) is 70.0. The number of aromatic nitrogens is 2. The van der Waals surface area contributed by atoms with Crippen LogP contribution in [0.4, 0.5) is 8.78 Å². The van der Waals surface area contributed by atoms with Crippen LogP contribution in [-0.4, -0.2) is 32.6 Å². The number of phenols is 2. The van der Waals surface area contributed by atoms with E-state index < -0.39 is 27.9 Å². The number of aromatic hydroxyl groups is 2. The topological polar surface area (TPSA) is 68.8 Å². The molecule has 0 atom stereocenters. The molecule has 8 heteroatoms. The van der Waals surface area contributed by atoms with Crippen LogP contribution in [0.1, 0.15) is 219 Å². The Balaban J connectivity index is 1.26. The summed E-state index contributed by atoms with van der Waals surface area (Å²) in [5.74, 6) is -0.125. The van der Waals surface area contributed by atoms with Gasteiger partial charge in [0.2, 0.25) is 0 Å². The molecule has 2 heterocycles. The summed E-state index contributed by atoms with van der Waals surface area (Å²) >= 11 is 0. The minimum absolute atomic E-state index is 0.0253. The van der Waals surface area contributed by atoms with Gasteiger partial charge in [-0.1, -0.05) is 222 Å². The molecular formula is C87H108F2N2O4. The molecule has 504 valence electrons. The van der Waals surface area contributed by atoms with Crippen molar-refractivity contribution < 1.29 is 28.5 Å². The van der Waals surface area contributed by atoms with E-state index in [1.165, 1.54) is 46.5 Å². The molecule has 0 fully saturated rings. The minimum Gasteiger partial charge on any atom is -0.505 e. The first-order valence-electron chi connectivity index (χ1n) is 34.4. The summed E-state index contributed by atoms with van der Waals surface area (Å²) in [5.41, 5.74) is 10.6. The van der Waals surface area contributed by atoms with Crippen molar-refractivity contribution >= 4 is 43.6 Å². The molecule has 8 aromatic carbocycles. The molecule has 0 aliphatic carbocycles. The summed E-state index contributed by atoms with van der Waals surface area (Å²) < 4.78 is 51.3. The van der Waals surface area contributed by atoms with Crippen LogP contribution in [0.3, 0.4) is 0 Å². The van der Waals surface area contributed by atoms with Gasteiger partial charge in [-0.3, -0.25) is 0 Å². The van der Waals surface area contributed by atoms with Gasteiger partial charge in [-0.15, -0.1) is 0 Å². The first-order chi connectivity index (χ1) is 43.6. The lowest BCUT2D eigenvalue weighted by atomic mass is 9.71. The second-order valence-corrected chi connectivity index (χ2v) is 36.5. The highest BCUT2D eigenvalue weighted by molar-refractivity contribution is 6.12. The van der Waals surface area contributed by atoms with Gasteiger partial charge in [0.15, 0.2) is 23.0 Å². The van der Waals surface area contributed by atoms with Crippen molar-refractivity contribution in [3.63, 3.8) is 0 Å². The smallest absolute Gasteiger partial charge is 0.151 e. The van der Waals surface area contributed by atoms with Gasteiger partial charge in [0.1, 0.15) is 23.0 Å². The third-order valence-corrected chi connectivity index (χ3v) is 19.7. The van der Waals surface area contributed by atoms with E-state index in [1.54, 1.807) is 12.1 Å². The van der Waals surface area contributed by atoms with E-state index in [0.29, 0.717) is 45.1 Å². The van der Waals surface area contributed by atoms with Crippen LogP contribution in [0.25, 0.3) is 77.2 Å². The number of benzene rings is 8. The molecule has 0 saturated heterocycles. The van der Waals surface area contributed by atoms with Gasteiger partial charge in [0.05, 0.1) is 35.3 Å². The molecular weight excluding hydrogens is 1170 g/mol. The average molecular weight is 1280 g/mol. The quantitative estimate of drug-likeness (QED) is 0.114. The van der Waals surface area contributed by atoms with Crippen molar-refractivity contribution in [2.75, 3.05) is 13.2 Å². The van der Waals surface area contributed by atoms with Crippen LogP contribution >= 0.6 is 0 Å². The zero-order valence-electron chi connectivity index (χ0n) is 62.0. The molecule has 2 N–H and O–H groups in total. The summed E-state index contributed by atoms with van der Waals surface area (Å²) in [6.07, 6.45) is 1.49. The van der Waals surface area contributed by atoms with Gasteiger partial charge in [0, 0.05) is 49.7 Å². The first-order valence-corrected chi connectivity index (χ1v) is 34.4. The molecule has 0 radical (unpaired) electrons. The number of hydrogen-bond donors (Lipinski definition) is 2. The number of hydrogen-bond acceptors (Lipinski definition) is 4. The number of fused-ring (bicyclic) bond motifs is 6. The molecule has 0 spiro atoms. The van der Waals surface area contributed by atoms with Crippen LogP contribution in [0.2, 0.25) is 0 Å². The predicted molar refractivity (Wildman–Crippen MR) is 399 cm³/mol. The Morgan fingerprint density at radius 3 is 0.895 bits per heavy atom. The van der Waals surface area contributed by atoms with Crippen molar-refractivity contribution in [2.24, 2.45) is 22.2 Å². The summed E-state index contributed by atoms with van der Waals surface area (Å²) in [6.45, 7) is 56.3. The van der Waals surface area contributed by atoms with Crippen LogP contribution in [0.5, 0.6) is 23.0 Å². The molecule has 0 aliphatic heterocycles. The van der Waals surface area contributed by atoms with Crippen LogP contribution in [0, 0.1) is 33.8 Å². The Morgan fingerprint density at radius 1 is 0.368 bits per heavy atom. The molecule has 10 aromatic rings. The van der Waals surface area contributed by atoms with Crippen molar-refractivity contribution in [1.29, 1.82) is 0 Å². The average Bonchev–Trinajstić information content (AvgIpc) is 1.63. The van der Waals surface area contributed by atoms with Gasteiger partial charge < -0.3 is 28.8 Å². The molecule has 95 heavy (non-hydrogen) atoms. The van der Waals surface area contributed by atoms with E-state index in [4.69, 9.17) is 9.47 Å². The highest BCUT2D eigenvalue weighted by Crippen LogP contribution is 2.55. The Bertz CT molecular complexity index is 4150. The van der Waals surface area contributed by atoms with Gasteiger partial charge in [-0.25, -0.2) is 8.78 Å². The fourth-order valence-electron chi connectivity index (χ4n) is 14.9. The van der Waals surface area contributed by atoms with E-state index in [0.717, 1.165) is 67.6 Å². The van der Waals surface area contributed by atoms with Gasteiger partial charge in [0.25, 0.3) is 0 Å². The van der Waals surface area contributed by atoms with Crippen LogP contribution < -0.4 is 9.47 Å². The normalized spacial score (nSPS) is 13.6. The Kier molecular flexibility index (Phi) is 17.9. The van der Waals surface area contributed by atoms with E-state index in [2.05, 4.69) is 255 Å². The molecule has 6 nitrogen and oxygen atoms in total. The maximum Gasteiger partial charge on any atom is 0.151 e. The summed E-state index contributed by atoms with van der Waals surface area (Å²) in [4.78, 5) is 0. The van der Waals surface area contributed by atoms with Crippen molar-refractivity contribution in [3.05, 3.63) is 178 Å². The monoisotopic (exact) mass is 1280 g/mol. The minimum atomic E-state index is -0.573. The highest BCUT2D eigenvalue weighted by atomic mass is 19.1. The number of rotatable bonds is 14. The van der Waals surface area contributed by atoms with E-state index >= 15 is 8.78 Å². The Hall–Kier alpha value is -7.58. The Morgan fingerprint density at radius 2 is 0.653 bits per heavy atom. The SMILES string of the molecule is CC(C)(C)CC(C)(C)c1cc(-c2cccc(F)c2)c(O)c(-n2c3ccc(C(C)(C)C)cc3c3cc(C(C)(C)C)ccc32)c1OCC(COc1c(C(C)(C)CC(C)(C)C)cc(-c2cccc(F)c2)c(O)c1-n1c2ccc(C(C)(C)C)cc2c2cc(C(C)(C)C)ccc21)C(C)(C)C. The third kappa shape index (κ3) is 14.2. The molecule has 0 saturated carbocycles. The van der Waals surface area contributed by atoms with E-state index in [1.807, 2.05) is 24.3 Å². The van der Waals surface area contributed by atoms with Gasteiger partial charge in [-0.05, 0) is 180 Å². The molecule has 0 aliphatic rings. The standard InChI is InChI=1S/C87H108F2N2O4/c1-79(2,3)50-86(22,23)67-46-61(52-28-26-30-59(88)40-52)75(92)73(90-69-36-32-54(81(7,8)9)42-63(69)64-43-55(82(10,11)12)33-37-70(64)90)77(67)94-48-58(85(19,20)21)49-95-78-68(87(24,25)51-80(4,5)6)47-62(53-29-27-31-60(89)41-53)76(93)74(78)91-71-38-34-56(83(13,14)15)44-65(71)66-45-57(84(16,17)18)35-39-72(66)91/h26-47,58,92-93H,48-51H2,1-25H3. The number of nitrogens with zero attached hydrogens (tertiary/aromatic N) is 2. The lowest BCUT2D eigenvalue weighted by molar-refractivity contribution is 0.0894. The number of halogens is 2.